The molecule has 1 N–H and O–H groups in total. The number of fused-ring (bicyclic) bond motifs is 1. The van der Waals surface area contributed by atoms with Crippen LogP contribution in [0, 0.1) is 6.92 Å². The normalized spacial score (nSPS) is 14.1. The minimum Gasteiger partial charge on any atom is -0.461 e. The summed E-state index contributed by atoms with van der Waals surface area (Å²) < 4.78 is 14.6. The van der Waals surface area contributed by atoms with Gasteiger partial charge in [-0.25, -0.2) is 14.6 Å². The van der Waals surface area contributed by atoms with Gasteiger partial charge in [-0.1, -0.05) is 43.1 Å². The van der Waals surface area contributed by atoms with Crippen molar-refractivity contribution in [2.45, 2.75) is 59.1 Å². The van der Waals surface area contributed by atoms with Gasteiger partial charge in [0.25, 0.3) is 0 Å². The van der Waals surface area contributed by atoms with E-state index in [0.717, 1.165) is 38.1 Å². The van der Waals surface area contributed by atoms with E-state index in [0.29, 0.717) is 43.1 Å². The van der Waals surface area contributed by atoms with E-state index >= 15 is 0 Å². The molecule has 0 atom stereocenters. The van der Waals surface area contributed by atoms with Gasteiger partial charge in [0.1, 0.15) is 6.73 Å². The smallest absolute Gasteiger partial charge is 0.358 e. The molecular weight excluding hydrogens is 641 g/mol. The van der Waals surface area contributed by atoms with Gasteiger partial charge in [0, 0.05) is 52.2 Å². The highest BCUT2D eigenvalue weighted by molar-refractivity contribution is 7.16. The fourth-order valence-corrected chi connectivity index (χ4v) is 7.73. The molecule has 0 unspecified atom stereocenters. The van der Waals surface area contributed by atoms with Gasteiger partial charge < -0.3 is 24.6 Å². The third-order valence-corrected chi connectivity index (χ3v) is 11.6. The fraction of sp³-hybridized carbons (Fsp3) is 0.484. The number of aromatic nitrogens is 4. The lowest BCUT2D eigenvalue weighted by Gasteiger charge is -2.38. The maximum atomic E-state index is 12.9. The number of para-hydroxylation sites is 1. The summed E-state index contributed by atoms with van der Waals surface area (Å²) in [6.45, 7) is 15.6. The molecule has 1 fully saturated rings. The topological polar surface area (TPSA) is 127 Å². The number of amides is 2. The molecule has 0 aliphatic carbocycles. The lowest BCUT2D eigenvalue weighted by molar-refractivity contribution is 0.0517. The summed E-state index contributed by atoms with van der Waals surface area (Å²) in [6, 6.07) is 11.1. The Morgan fingerprint density at radius 3 is 2.61 bits per heavy atom. The van der Waals surface area contributed by atoms with Gasteiger partial charge in [-0.05, 0) is 50.6 Å². The zero-order valence-electron chi connectivity index (χ0n) is 27.5. The number of nitrogens with zero attached hydrogens (tertiary/aromatic N) is 7. The zero-order chi connectivity index (χ0) is 33.0. The molecular formula is C31H42N8O4S2Si. The number of hydrogen-bond donors (Lipinski definition) is 1. The van der Waals surface area contributed by atoms with Crippen LogP contribution in [0.4, 0.5) is 21.6 Å². The number of benzene rings is 1. The SMILES string of the molecule is CCNC(=O)N1CC(c2sc(N(C)c3cc(C)c(/N=c4\sc5ccccc5n4COCC[Si](C)(C)C)nn3)nc2C(=O)OCC)C1. The second-order valence-corrected chi connectivity index (χ2v) is 20.0. The number of anilines is 2. The Hall–Kier alpha value is -3.66. The third-order valence-electron chi connectivity index (χ3n) is 7.56. The van der Waals surface area contributed by atoms with Crippen molar-refractivity contribution in [3.05, 3.63) is 51.3 Å². The van der Waals surface area contributed by atoms with Crippen LogP contribution >= 0.6 is 22.7 Å². The maximum Gasteiger partial charge on any atom is 0.358 e. The first-order valence-electron chi connectivity index (χ1n) is 15.5. The predicted molar refractivity (Wildman–Crippen MR) is 185 cm³/mol. The summed E-state index contributed by atoms with van der Waals surface area (Å²) in [7, 11) is 0.644. The monoisotopic (exact) mass is 682 g/mol. The summed E-state index contributed by atoms with van der Waals surface area (Å²) in [5.41, 5.74) is 2.20. The highest BCUT2D eigenvalue weighted by Gasteiger charge is 2.37. The molecule has 3 aromatic heterocycles. The van der Waals surface area contributed by atoms with Gasteiger partial charge in [0.05, 0.1) is 16.8 Å². The summed E-state index contributed by atoms with van der Waals surface area (Å²) in [4.78, 5) is 39.8. The van der Waals surface area contributed by atoms with Gasteiger partial charge in [-0.2, -0.15) is 4.99 Å². The van der Waals surface area contributed by atoms with Crippen molar-refractivity contribution >= 4 is 69.7 Å². The number of thiazole rings is 2. The fourth-order valence-electron chi connectivity index (χ4n) is 4.85. The third kappa shape index (κ3) is 7.65. The number of ether oxygens (including phenoxy) is 2. The molecule has 1 aromatic carbocycles. The Balaban J connectivity index is 1.39. The summed E-state index contributed by atoms with van der Waals surface area (Å²) in [6.07, 6.45) is 0. The number of carbonyl (C=O) groups excluding carboxylic acids is 2. The largest absolute Gasteiger partial charge is 0.461 e. The number of esters is 1. The van der Waals surface area contributed by atoms with Gasteiger partial charge in [-0.3, -0.25) is 4.57 Å². The number of carbonyl (C=O) groups is 2. The van der Waals surface area contributed by atoms with Crippen molar-refractivity contribution in [3.8, 4) is 0 Å². The summed E-state index contributed by atoms with van der Waals surface area (Å²) in [5.74, 6) is 0.626. The van der Waals surface area contributed by atoms with Crippen LogP contribution in [0.2, 0.25) is 25.7 Å². The molecule has 0 spiro atoms. The minimum atomic E-state index is -1.20. The highest BCUT2D eigenvalue weighted by atomic mass is 32.1. The Kier molecular flexibility index (Phi) is 10.5. The molecule has 1 aliphatic heterocycles. The highest BCUT2D eigenvalue weighted by Crippen LogP contribution is 2.39. The Bertz CT molecular complexity index is 1770. The number of rotatable bonds is 12. The molecule has 4 heterocycles. The molecule has 15 heteroatoms. The van der Waals surface area contributed by atoms with Crippen LogP contribution in [-0.4, -0.2) is 84.6 Å². The van der Waals surface area contributed by atoms with Gasteiger partial charge in [-0.15, -0.1) is 21.5 Å². The zero-order valence-corrected chi connectivity index (χ0v) is 30.1. The Morgan fingerprint density at radius 1 is 1.15 bits per heavy atom. The first-order chi connectivity index (χ1) is 22.0. The van der Waals surface area contributed by atoms with Crippen LogP contribution in [0.5, 0.6) is 0 Å². The van der Waals surface area contributed by atoms with Gasteiger partial charge in [0.15, 0.2) is 27.3 Å². The second kappa shape index (κ2) is 14.4. The molecule has 46 heavy (non-hydrogen) atoms. The average Bonchev–Trinajstić information content (AvgIpc) is 3.57. The molecule has 0 saturated carbocycles. The molecule has 12 nitrogen and oxygen atoms in total. The number of aryl methyl sites for hydroxylation is 1. The van der Waals surface area contributed by atoms with Crippen LogP contribution in [0.25, 0.3) is 10.2 Å². The van der Waals surface area contributed by atoms with E-state index in [1.165, 1.54) is 11.3 Å². The minimum absolute atomic E-state index is 0.00295. The van der Waals surface area contributed by atoms with E-state index in [4.69, 9.17) is 14.5 Å². The predicted octanol–water partition coefficient (Wildman–Crippen LogP) is 5.88. The van der Waals surface area contributed by atoms with Crippen molar-refractivity contribution in [2.24, 2.45) is 4.99 Å². The van der Waals surface area contributed by atoms with E-state index < -0.39 is 14.0 Å². The number of urea groups is 1. The van der Waals surface area contributed by atoms with E-state index in [1.54, 1.807) is 23.2 Å². The van der Waals surface area contributed by atoms with Crippen LogP contribution in [0.15, 0.2) is 35.3 Å². The van der Waals surface area contributed by atoms with Gasteiger partial charge >= 0.3 is 12.0 Å². The van der Waals surface area contributed by atoms with E-state index in [2.05, 4.69) is 56.8 Å². The summed E-state index contributed by atoms with van der Waals surface area (Å²) in [5, 5.41) is 12.4. The van der Waals surface area contributed by atoms with Crippen LogP contribution in [0.3, 0.4) is 0 Å². The summed E-state index contributed by atoms with van der Waals surface area (Å²) >= 11 is 3.00. The second-order valence-electron chi connectivity index (χ2n) is 12.4. The molecule has 0 radical (unpaired) electrons. The van der Waals surface area contributed by atoms with Gasteiger partial charge in [0.2, 0.25) is 0 Å². The van der Waals surface area contributed by atoms with Crippen LogP contribution in [-0.2, 0) is 16.2 Å². The lowest BCUT2D eigenvalue weighted by Crippen LogP contribution is -2.52. The molecule has 4 aromatic rings. The number of likely N-dealkylation sites (tertiary alicyclic amines) is 1. The van der Waals surface area contributed by atoms with Crippen molar-refractivity contribution in [1.29, 1.82) is 0 Å². The molecule has 5 rings (SSSR count). The van der Waals surface area contributed by atoms with Crippen molar-refractivity contribution in [2.75, 3.05) is 44.8 Å². The average molecular weight is 683 g/mol. The molecule has 0 bridgehead atoms. The van der Waals surface area contributed by atoms with E-state index in [-0.39, 0.29) is 24.2 Å². The van der Waals surface area contributed by atoms with Crippen molar-refractivity contribution in [3.63, 3.8) is 0 Å². The number of hydrogen-bond acceptors (Lipinski definition) is 11. The number of nitrogens with one attached hydrogen (secondary N) is 1. The van der Waals surface area contributed by atoms with Crippen LogP contribution < -0.4 is 15.0 Å². The standard InChI is InChI=1S/C31H42N8O4S2Si/c1-8-32-29(41)38-17-21(18-38)26-25(28(40)43-9-2)33-30(45-26)37(4)24-16-20(3)27(36-35-24)34-31-39(19-42-14-15-46(5,6)7)22-12-10-11-13-23(22)44-31/h10-13,16,21H,8-9,14-15,17-19H2,1-7H3,(H,32,41)/b34-31-. The Labute approximate surface area is 278 Å². The van der Waals surface area contributed by atoms with Crippen molar-refractivity contribution in [1.82, 2.24) is 30.0 Å². The van der Waals surface area contributed by atoms with Crippen molar-refractivity contribution < 1.29 is 19.1 Å². The molecule has 2 amide bonds. The quantitative estimate of drug-likeness (QED) is 0.112. The van der Waals surface area contributed by atoms with E-state index in [1.807, 2.05) is 44.0 Å². The maximum absolute atomic E-state index is 12.9. The Morgan fingerprint density at radius 2 is 1.91 bits per heavy atom. The first-order valence-corrected chi connectivity index (χ1v) is 20.8. The molecule has 246 valence electrons. The molecule has 1 aliphatic rings. The lowest BCUT2D eigenvalue weighted by atomic mass is 9.97. The van der Waals surface area contributed by atoms with E-state index in [9.17, 15) is 9.59 Å². The first kappa shape index (κ1) is 33.7. The van der Waals surface area contributed by atoms with Crippen LogP contribution in [0.1, 0.15) is 40.7 Å². The molecule has 1 saturated heterocycles.